The molecule has 1 aliphatic rings. The summed E-state index contributed by atoms with van der Waals surface area (Å²) in [6.45, 7) is 1.18. The lowest BCUT2D eigenvalue weighted by molar-refractivity contribution is 0.0701. The minimum absolute atomic E-state index is 0.00333. The van der Waals surface area contributed by atoms with Crippen LogP contribution in [0.5, 0.6) is 0 Å². The lowest BCUT2D eigenvalue weighted by Gasteiger charge is -2.27. The van der Waals surface area contributed by atoms with E-state index in [-0.39, 0.29) is 11.9 Å². The predicted octanol–water partition coefficient (Wildman–Crippen LogP) is 1.30. The smallest absolute Gasteiger partial charge is 0.254 e. The number of likely N-dealkylation sites (tertiary alicyclic amines) is 1. The summed E-state index contributed by atoms with van der Waals surface area (Å²) in [6, 6.07) is 7.70. The number of nitrogens with one attached hydrogen (secondary N) is 1. The molecule has 1 aliphatic heterocycles. The molecule has 0 bridgehead atoms. The van der Waals surface area contributed by atoms with Gasteiger partial charge in [0.15, 0.2) is 0 Å². The van der Waals surface area contributed by atoms with Gasteiger partial charge >= 0.3 is 0 Å². The van der Waals surface area contributed by atoms with Gasteiger partial charge in [-0.2, -0.15) is 0 Å². The van der Waals surface area contributed by atoms with Crippen molar-refractivity contribution in [3.05, 3.63) is 36.0 Å². The van der Waals surface area contributed by atoms with Crippen molar-refractivity contribution in [3.63, 3.8) is 0 Å². The highest BCUT2D eigenvalue weighted by Gasteiger charge is 2.35. The van der Waals surface area contributed by atoms with Gasteiger partial charge in [-0.1, -0.05) is 6.07 Å². The SMILES string of the molecule is CN(C)CC1CC(O)CN1C(=O)c1cccc2[nH]ccc12. The van der Waals surface area contributed by atoms with Gasteiger partial charge in [0.2, 0.25) is 0 Å². The number of aromatic nitrogens is 1. The number of H-pyrrole nitrogens is 1. The van der Waals surface area contributed by atoms with Crippen molar-refractivity contribution in [1.29, 1.82) is 0 Å². The molecule has 1 amide bonds. The van der Waals surface area contributed by atoms with Crippen molar-refractivity contribution in [3.8, 4) is 0 Å². The van der Waals surface area contributed by atoms with E-state index in [4.69, 9.17) is 0 Å². The third-order valence-electron chi connectivity index (χ3n) is 4.05. The van der Waals surface area contributed by atoms with E-state index >= 15 is 0 Å². The molecule has 0 saturated carbocycles. The minimum Gasteiger partial charge on any atom is -0.391 e. The van der Waals surface area contributed by atoms with Gasteiger partial charge in [0.1, 0.15) is 0 Å². The molecule has 3 rings (SSSR count). The van der Waals surface area contributed by atoms with Crippen LogP contribution in [-0.4, -0.2) is 65.1 Å². The molecule has 5 heteroatoms. The van der Waals surface area contributed by atoms with Gasteiger partial charge in [-0.3, -0.25) is 4.79 Å². The van der Waals surface area contributed by atoms with Crippen LogP contribution in [0.1, 0.15) is 16.8 Å². The van der Waals surface area contributed by atoms with Crippen LogP contribution in [0.25, 0.3) is 10.9 Å². The van der Waals surface area contributed by atoms with Gasteiger partial charge in [-0.15, -0.1) is 0 Å². The maximum atomic E-state index is 12.9. The number of carbonyl (C=O) groups is 1. The monoisotopic (exact) mass is 287 g/mol. The number of aliphatic hydroxyl groups is 1. The number of hydrogen-bond donors (Lipinski definition) is 2. The number of nitrogens with zero attached hydrogens (tertiary/aromatic N) is 2. The van der Waals surface area contributed by atoms with E-state index in [9.17, 15) is 9.90 Å². The Labute approximate surface area is 124 Å². The van der Waals surface area contributed by atoms with Gasteiger partial charge in [-0.25, -0.2) is 0 Å². The second-order valence-corrected chi connectivity index (χ2v) is 6.01. The van der Waals surface area contributed by atoms with Crippen LogP contribution >= 0.6 is 0 Å². The van der Waals surface area contributed by atoms with E-state index in [1.54, 1.807) is 0 Å². The first kappa shape index (κ1) is 14.1. The van der Waals surface area contributed by atoms with Gasteiger partial charge in [0, 0.05) is 41.8 Å². The molecule has 1 fully saturated rings. The zero-order valence-electron chi connectivity index (χ0n) is 12.4. The van der Waals surface area contributed by atoms with Gasteiger partial charge in [0.05, 0.1) is 6.10 Å². The van der Waals surface area contributed by atoms with Gasteiger partial charge in [0.25, 0.3) is 5.91 Å². The zero-order chi connectivity index (χ0) is 15.0. The van der Waals surface area contributed by atoms with Crippen LogP contribution in [0.2, 0.25) is 0 Å². The Balaban J connectivity index is 1.91. The van der Waals surface area contributed by atoms with Crippen LogP contribution in [0.15, 0.2) is 30.5 Å². The fourth-order valence-corrected chi connectivity index (χ4v) is 3.16. The fourth-order valence-electron chi connectivity index (χ4n) is 3.16. The molecule has 0 spiro atoms. The Bertz CT molecular complexity index is 650. The molecular formula is C16H21N3O2. The summed E-state index contributed by atoms with van der Waals surface area (Å²) in [7, 11) is 3.97. The first-order valence-corrected chi connectivity index (χ1v) is 7.26. The summed E-state index contributed by atoms with van der Waals surface area (Å²) < 4.78 is 0. The maximum absolute atomic E-state index is 12.9. The molecular weight excluding hydrogens is 266 g/mol. The van der Waals surface area contributed by atoms with E-state index in [1.165, 1.54) is 0 Å². The van der Waals surface area contributed by atoms with Crippen LogP contribution in [-0.2, 0) is 0 Å². The zero-order valence-corrected chi connectivity index (χ0v) is 12.4. The van der Waals surface area contributed by atoms with Crippen molar-refractivity contribution in [2.24, 2.45) is 0 Å². The normalized spacial score (nSPS) is 22.4. The number of aliphatic hydroxyl groups excluding tert-OH is 1. The Morgan fingerprint density at radius 1 is 1.43 bits per heavy atom. The number of amides is 1. The third kappa shape index (κ3) is 2.66. The average molecular weight is 287 g/mol. The number of carbonyl (C=O) groups excluding carboxylic acids is 1. The molecule has 0 radical (unpaired) electrons. The molecule has 2 heterocycles. The van der Waals surface area contributed by atoms with Gasteiger partial charge < -0.3 is 19.9 Å². The summed E-state index contributed by atoms with van der Waals surface area (Å²) >= 11 is 0. The second kappa shape index (κ2) is 5.50. The van der Waals surface area contributed by atoms with E-state index in [0.29, 0.717) is 18.5 Å². The summed E-state index contributed by atoms with van der Waals surface area (Å²) in [5.74, 6) is 0.00333. The number of fused-ring (bicyclic) bond motifs is 1. The molecule has 2 atom stereocenters. The summed E-state index contributed by atoms with van der Waals surface area (Å²) in [4.78, 5) is 19.9. The lowest BCUT2D eigenvalue weighted by Crippen LogP contribution is -2.41. The molecule has 2 unspecified atom stereocenters. The molecule has 2 N–H and O–H groups in total. The second-order valence-electron chi connectivity index (χ2n) is 6.01. The lowest BCUT2D eigenvalue weighted by atomic mass is 10.1. The molecule has 2 aromatic rings. The summed E-state index contributed by atoms with van der Waals surface area (Å²) in [5.41, 5.74) is 1.66. The quantitative estimate of drug-likeness (QED) is 0.894. The number of β-amino-alcohol motifs (C(OH)–C–C–N with tert-alkyl or cyclic N) is 1. The minimum atomic E-state index is -0.427. The van der Waals surface area contributed by atoms with E-state index in [1.807, 2.05) is 49.5 Å². The predicted molar refractivity (Wildman–Crippen MR) is 82.3 cm³/mol. The molecule has 21 heavy (non-hydrogen) atoms. The van der Waals surface area contributed by atoms with Crippen LogP contribution in [0.3, 0.4) is 0 Å². The molecule has 5 nitrogen and oxygen atoms in total. The summed E-state index contributed by atoms with van der Waals surface area (Å²) in [6.07, 6.45) is 2.06. The number of likely N-dealkylation sites (N-methyl/N-ethyl adjacent to an activating group) is 1. The highest BCUT2D eigenvalue weighted by atomic mass is 16.3. The first-order valence-electron chi connectivity index (χ1n) is 7.26. The van der Waals surface area contributed by atoms with Crippen molar-refractivity contribution >= 4 is 16.8 Å². The van der Waals surface area contributed by atoms with Crippen molar-refractivity contribution in [2.45, 2.75) is 18.6 Å². The van der Waals surface area contributed by atoms with Crippen molar-refractivity contribution in [2.75, 3.05) is 27.2 Å². The molecule has 1 saturated heterocycles. The van der Waals surface area contributed by atoms with E-state index in [0.717, 1.165) is 17.4 Å². The van der Waals surface area contributed by atoms with E-state index < -0.39 is 6.10 Å². The largest absolute Gasteiger partial charge is 0.391 e. The maximum Gasteiger partial charge on any atom is 0.254 e. The van der Waals surface area contributed by atoms with E-state index in [2.05, 4.69) is 9.88 Å². The third-order valence-corrected chi connectivity index (χ3v) is 4.05. The van der Waals surface area contributed by atoms with Crippen LogP contribution in [0, 0.1) is 0 Å². The van der Waals surface area contributed by atoms with Crippen LogP contribution in [0.4, 0.5) is 0 Å². The molecule has 1 aromatic heterocycles. The van der Waals surface area contributed by atoms with Crippen LogP contribution < -0.4 is 0 Å². The Morgan fingerprint density at radius 2 is 2.24 bits per heavy atom. The first-order chi connectivity index (χ1) is 10.1. The average Bonchev–Trinajstić information content (AvgIpc) is 3.03. The Hall–Kier alpha value is -1.85. The standard InChI is InChI=1S/C16H21N3O2/c1-18(2)9-11-8-12(20)10-19(11)16(21)14-4-3-5-15-13(14)6-7-17-15/h3-7,11-12,17,20H,8-10H2,1-2H3. The number of aromatic amines is 1. The van der Waals surface area contributed by atoms with Crippen molar-refractivity contribution in [1.82, 2.24) is 14.8 Å². The number of rotatable bonds is 3. The highest BCUT2D eigenvalue weighted by molar-refractivity contribution is 6.06. The molecule has 112 valence electrons. The molecule has 1 aromatic carbocycles. The number of hydrogen-bond acceptors (Lipinski definition) is 3. The number of benzene rings is 1. The summed E-state index contributed by atoms with van der Waals surface area (Å²) in [5, 5.41) is 10.9. The fraction of sp³-hybridized carbons (Fsp3) is 0.438. The Morgan fingerprint density at radius 3 is 3.00 bits per heavy atom. The topological polar surface area (TPSA) is 59.6 Å². The van der Waals surface area contributed by atoms with Crippen molar-refractivity contribution < 1.29 is 9.90 Å². The molecule has 0 aliphatic carbocycles. The van der Waals surface area contributed by atoms with Gasteiger partial charge in [-0.05, 0) is 38.7 Å². The highest BCUT2D eigenvalue weighted by Crippen LogP contribution is 2.25. The Kier molecular flexibility index (Phi) is 3.69.